The van der Waals surface area contributed by atoms with Gasteiger partial charge in [0.05, 0.1) is 16.4 Å². The second kappa shape index (κ2) is 6.12. The van der Waals surface area contributed by atoms with Crippen LogP contribution in [0, 0.1) is 17.8 Å². The number of rotatable bonds is 6. The Bertz CT molecular complexity index is 537. The molecule has 0 aliphatic heterocycles. The van der Waals surface area contributed by atoms with Crippen LogP contribution in [-0.4, -0.2) is 15.6 Å². The number of halogens is 1. The van der Waals surface area contributed by atoms with Gasteiger partial charge in [-0.1, -0.05) is 24.9 Å². The lowest BCUT2D eigenvalue weighted by molar-refractivity contribution is -0.119. The normalized spacial score (nSPS) is 27.5. The number of hydrogen-bond acceptors (Lipinski definition) is 2. The number of carbonyl (C=O) groups is 1. The van der Waals surface area contributed by atoms with Gasteiger partial charge in [-0.05, 0) is 50.4 Å². The molecule has 3 rings (SSSR count). The van der Waals surface area contributed by atoms with Crippen molar-refractivity contribution in [1.82, 2.24) is 9.78 Å². The molecule has 2 aliphatic rings. The first-order valence-corrected chi connectivity index (χ1v) is 8.75. The maximum atomic E-state index is 12.5. The van der Waals surface area contributed by atoms with Crippen molar-refractivity contribution < 1.29 is 4.79 Å². The molecular weight excluding hydrogens is 284 g/mol. The highest BCUT2D eigenvalue weighted by Gasteiger charge is 2.40. The maximum Gasteiger partial charge on any atom is 0.139 e. The van der Waals surface area contributed by atoms with Crippen LogP contribution in [0.3, 0.4) is 0 Å². The van der Waals surface area contributed by atoms with Gasteiger partial charge in [-0.3, -0.25) is 9.48 Å². The summed E-state index contributed by atoms with van der Waals surface area (Å²) in [7, 11) is 0. The van der Waals surface area contributed by atoms with Gasteiger partial charge in [0.15, 0.2) is 0 Å². The Balaban J connectivity index is 1.66. The molecule has 1 heterocycles. The van der Waals surface area contributed by atoms with Crippen molar-refractivity contribution in [3.63, 3.8) is 0 Å². The highest BCUT2D eigenvalue weighted by Crippen LogP contribution is 2.49. The molecule has 0 aromatic carbocycles. The van der Waals surface area contributed by atoms with Crippen LogP contribution < -0.4 is 0 Å². The van der Waals surface area contributed by atoms with E-state index in [0.717, 1.165) is 42.6 Å². The lowest BCUT2D eigenvalue weighted by atomic mass is 9.84. The summed E-state index contributed by atoms with van der Waals surface area (Å²) in [5.74, 6) is 2.70. The summed E-state index contributed by atoms with van der Waals surface area (Å²) in [5.41, 5.74) is 1.84. The summed E-state index contributed by atoms with van der Waals surface area (Å²) in [6.07, 6.45) is 7.39. The minimum absolute atomic E-state index is 0.340. The molecule has 0 radical (unpaired) electrons. The van der Waals surface area contributed by atoms with Crippen molar-refractivity contribution in [2.45, 2.75) is 65.3 Å². The molecule has 0 spiro atoms. The summed E-state index contributed by atoms with van der Waals surface area (Å²) in [6.45, 7) is 4.87. The third-order valence-corrected chi connectivity index (χ3v) is 5.87. The Morgan fingerprint density at radius 3 is 2.71 bits per heavy atom. The van der Waals surface area contributed by atoms with Gasteiger partial charge in [-0.25, -0.2) is 0 Å². The van der Waals surface area contributed by atoms with Crippen LogP contribution in [0.15, 0.2) is 0 Å². The van der Waals surface area contributed by atoms with Gasteiger partial charge < -0.3 is 0 Å². The number of nitrogens with zero attached hydrogens (tertiary/aromatic N) is 2. The maximum absolute atomic E-state index is 12.5. The van der Waals surface area contributed by atoms with Gasteiger partial charge in [0.1, 0.15) is 5.78 Å². The molecule has 4 heteroatoms. The van der Waals surface area contributed by atoms with Crippen LogP contribution in [0.2, 0.25) is 5.02 Å². The molecule has 1 aromatic rings. The number of fused-ring (bicyclic) bond motifs is 2. The molecule has 2 fully saturated rings. The van der Waals surface area contributed by atoms with Crippen LogP contribution in [0.1, 0.15) is 57.3 Å². The summed E-state index contributed by atoms with van der Waals surface area (Å²) < 4.78 is 1.90. The zero-order chi connectivity index (χ0) is 15.0. The zero-order valence-electron chi connectivity index (χ0n) is 13.1. The topological polar surface area (TPSA) is 34.9 Å². The van der Waals surface area contributed by atoms with E-state index in [2.05, 4.69) is 12.0 Å². The first kappa shape index (κ1) is 15.1. The van der Waals surface area contributed by atoms with E-state index in [4.69, 9.17) is 11.6 Å². The molecule has 3 atom stereocenters. The Morgan fingerprint density at radius 1 is 1.33 bits per heavy atom. The fourth-order valence-corrected chi connectivity index (χ4v) is 4.70. The number of aromatic nitrogens is 2. The van der Waals surface area contributed by atoms with Crippen molar-refractivity contribution in [1.29, 1.82) is 0 Å². The Kier molecular flexibility index (Phi) is 4.39. The Morgan fingerprint density at radius 2 is 2.14 bits per heavy atom. The van der Waals surface area contributed by atoms with Crippen molar-refractivity contribution in [3.05, 3.63) is 16.4 Å². The third kappa shape index (κ3) is 2.90. The van der Waals surface area contributed by atoms with Gasteiger partial charge >= 0.3 is 0 Å². The average molecular weight is 309 g/mol. The second-order valence-corrected chi connectivity index (χ2v) is 7.11. The molecular formula is C17H25ClN2O. The largest absolute Gasteiger partial charge is 0.299 e. The van der Waals surface area contributed by atoms with Crippen LogP contribution in [0.25, 0.3) is 0 Å². The van der Waals surface area contributed by atoms with E-state index in [-0.39, 0.29) is 0 Å². The molecule has 3 nitrogen and oxygen atoms in total. The van der Waals surface area contributed by atoms with Crippen LogP contribution in [-0.2, 0) is 24.2 Å². The monoisotopic (exact) mass is 308 g/mol. The lowest BCUT2D eigenvalue weighted by Gasteiger charge is -2.20. The Labute approximate surface area is 132 Å². The van der Waals surface area contributed by atoms with E-state index in [1.807, 2.05) is 11.6 Å². The molecule has 1 aromatic heterocycles. The molecule has 2 aliphatic carbocycles. The fourth-order valence-electron chi connectivity index (χ4n) is 4.36. The van der Waals surface area contributed by atoms with Crippen LogP contribution >= 0.6 is 11.6 Å². The molecule has 2 bridgehead atoms. The fraction of sp³-hybridized carbons (Fsp3) is 0.765. The number of carbonyl (C=O) groups excluding carboxylic acids is 1. The van der Waals surface area contributed by atoms with Gasteiger partial charge in [-0.15, -0.1) is 0 Å². The van der Waals surface area contributed by atoms with Crippen LogP contribution in [0.5, 0.6) is 0 Å². The minimum atomic E-state index is 0.340. The lowest BCUT2D eigenvalue weighted by Crippen LogP contribution is -2.17. The van der Waals surface area contributed by atoms with Gasteiger partial charge in [0, 0.05) is 19.4 Å². The minimum Gasteiger partial charge on any atom is -0.299 e. The predicted molar refractivity (Wildman–Crippen MR) is 84.6 cm³/mol. The first-order chi connectivity index (χ1) is 10.1. The first-order valence-electron chi connectivity index (χ1n) is 8.38. The van der Waals surface area contributed by atoms with E-state index in [1.165, 1.54) is 25.7 Å². The number of hydrogen-bond donors (Lipinski definition) is 0. The van der Waals surface area contributed by atoms with E-state index in [9.17, 15) is 4.79 Å². The number of Topliss-reactive ketones (excluding diaryl/α,β-unsaturated/α-hetero) is 1. The molecule has 3 unspecified atom stereocenters. The summed E-state index contributed by atoms with van der Waals surface area (Å²) in [5, 5.41) is 5.21. The van der Waals surface area contributed by atoms with Crippen molar-refractivity contribution in [2.75, 3.05) is 0 Å². The number of aryl methyl sites for hydroxylation is 2. The summed E-state index contributed by atoms with van der Waals surface area (Å²) in [6, 6.07) is 0. The highest BCUT2D eigenvalue weighted by molar-refractivity contribution is 6.32. The van der Waals surface area contributed by atoms with E-state index < -0.39 is 0 Å². The van der Waals surface area contributed by atoms with Gasteiger partial charge in [0.25, 0.3) is 0 Å². The van der Waals surface area contributed by atoms with E-state index in [0.29, 0.717) is 23.1 Å². The smallest absolute Gasteiger partial charge is 0.139 e. The van der Waals surface area contributed by atoms with Crippen molar-refractivity contribution >= 4 is 17.4 Å². The third-order valence-electron chi connectivity index (χ3n) is 5.43. The highest BCUT2D eigenvalue weighted by atomic mass is 35.5. The van der Waals surface area contributed by atoms with E-state index >= 15 is 0 Å². The van der Waals surface area contributed by atoms with Crippen molar-refractivity contribution in [3.8, 4) is 0 Å². The second-order valence-electron chi connectivity index (χ2n) is 6.73. The molecule has 116 valence electrons. The molecule has 2 saturated carbocycles. The molecule has 0 N–H and O–H groups in total. The van der Waals surface area contributed by atoms with Gasteiger partial charge in [-0.2, -0.15) is 5.10 Å². The zero-order valence-corrected chi connectivity index (χ0v) is 13.8. The number of ketones is 1. The average Bonchev–Trinajstić information content (AvgIpc) is 3.15. The van der Waals surface area contributed by atoms with Crippen molar-refractivity contribution in [2.24, 2.45) is 17.8 Å². The molecule has 0 amide bonds. The summed E-state index contributed by atoms with van der Waals surface area (Å²) in [4.78, 5) is 12.5. The predicted octanol–water partition coefficient (Wildman–Crippen LogP) is 4.06. The standard InChI is InChI=1S/C17H25ClN2O/c1-3-15-17(18)16(20(4-2)19-15)10-14(21)9-13-8-11-5-6-12(13)7-11/h11-13H,3-10H2,1-2H3. The quantitative estimate of drug-likeness (QED) is 0.794. The summed E-state index contributed by atoms with van der Waals surface area (Å²) >= 11 is 6.40. The molecule has 21 heavy (non-hydrogen) atoms. The Hall–Kier alpha value is -0.830. The molecule has 0 saturated heterocycles. The van der Waals surface area contributed by atoms with E-state index in [1.54, 1.807) is 0 Å². The van der Waals surface area contributed by atoms with Crippen LogP contribution in [0.4, 0.5) is 0 Å². The SMILES string of the molecule is CCc1nn(CC)c(CC(=O)CC2CC3CCC2C3)c1Cl. The van der Waals surface area contributed by atoms with Gasteiger partial charge in [0.2, 0.25) is 0 Å².